The third-order valence-electron chi connectivity index (χ3n) is 3.62. The molecule has 0 fully saturated rings. The van der Waals surface area contributed by atoms with Crippen molar-refractivity contribution in [2.75, 3.05) is 14.2 Å². The van der Waals surface area contributed by atoms with Crippen LogP contribution < -0.4 is 5.43 Å². The van der Waals surface area contributed by atoms with E-state index in [0.29, 0.717) is 5.69 Å². The topological polar surface area (TPSA) is 74.6 Å². The summed E-state index contributed by atoms with van der Waals surface area (Å²) in [5.74, 6) is -1.61. The number of aromatic nitrogens is 1. The third kappa shape index (κ3) is 3.15. The van der Waals surface area contributed by atoms with Crippen LogP contribution in [0.4, 0.5) is 0 Å². The van der Waals surface area contributed by atoms with Crippen LogP contribution in [0, 0.1) is 13.8 Å². The van der Waals surface area contributed by atoms with Gasteiger partial charge in [-0.1, -0.05) is 6.07 Å². The lowest BCUT2D eigenvalue weighted by Gasteiger charge is -2.12. The molecule has 2 rings (SSSR count). The molecule has 0 bridgehead atoms. The number of methoxy groups -OCH3 is 2. The zero-order valence-corrected chi connectivity index (χ0v) is 13.4. The minimum absolute atomic E-state index is 0.228. The van der Waals surface area contributed by atoms with Crippen molar-refractivity contribution in [3.63, 3.8) is 0 Å². The molecule has 0 saturated carbocycles. The Labute approximate surface area is 133 Å². The molecule has 120 valence electrons. The highest BCUT2D eigenvalue weighted by molar-refractivity contribution is 5.94. The number of esters is 2. The summed E-state index contributed by atoms with van der Waals surface area (Å²) < 4.78 is 10.8. The molecule has 0 radical (unpaired) electrons. The van der Waals surface area contributed by atoms with Crippen molar-refractivity contribution in [1.29, 1.82) is 0 Å². The zero-order chi connectivity index (χ0) is 17.1. The summed E-state index contributed by atoms with van der Waals surface area (Å²) in [5.41, 5.74) is 1.69. The normalized spacial score (nSPS) is 10.3. The molecule has 0 aliphatic carbocycles. The van der Waals surface area contributed by atoms with Crippen molar-refractivity contribution < 1.29 is 19.1 Å². The van der Waals surface area contributed by atoms with Gasteiger partial charge in [0, 0.05) is 18.1 Å². The van der Waals surface area contributed by atoms with Crippen LogP contribution in [0.1, 0.15) is 31.8 Å². The third-order valence-corrected chi connectivity index (χ3v) is 3.62. The van der Waals surface area contributed by atoms with E-state index in [2.05, 4.69) is 9.47 Å². The number of hydrogen-bond donors (Lipinski definition) is 0. The van der Waals surface area contributed by atoms with Crippen molar-refractivity contribution in [1.82, 2.24) is 4.57 Å². The van der Waals surface area contributed by atoms with Gasteiger partial charge in [-0.2, -0.15) is 0 Å². The summed E-state index contributed by atoms with van der Waals surface area (Å²) in [6, 6.07) is 5.63. The van der Waals surface area contributed by atoms with E-state index in [0.717, 1.165) is 11.1 Å². The molecule has 0 amide bonds. The molecule has 0 N–H and O–H groups in total. The van der Waals surface area contributed by atoms with E-state index in [1.807, 2.05) is 32.0 Å². The Balaban J connectivity index is 2.73. The fraction of sp³-hybridized carbons (Fsp3) is 0.235. The average Bonchev–Trinajstić information content (AvgIpc) is 2.56. The Morgan fingerprint density at radius 3 is 1.87 bits per heavy atom. The molecule has 0 unspecified atom stereocenters. The van der Waals surface area contributed by atoms with E-state index in [-0.39, 0.29) is 11.1 Å². The van der Waals surface area contributed by atoms with Crippen LogP contribution >= 0.6 is 0 Å². The highest BCUT2D eigenvalue weighted by Gasteiger charge is 2.20. The van der Waals surface area contributed by atoms with Gasteiger partial charge >= 0.3 is 11.9 Å². The average molecular weight is 315 g/mol. The number of carbonyl (C=O) groups excluding carboxylic acids is 2. The highest BCUT2D eigenvalue weighted by Crippen LogP contribution is 2.15. The summed E-state index contributed by atoms with van der Waals surface area (Å²) in [6.45, 7) is 3.92. The Hall–Kier alpha value is -2.89. The zero-order valence-electron chi connectivity index (χ0n) is 13.4. The van der Waals surface area contributed by atoms with Gasteiger partial charge in [-0.05, 0) is 37.1 Å². The molecule has 0 saturated heterocycles. The number of hydrogen-bond acceptors (Lipinski definition) is 5. The number of pyridine rings is 1. The van der Waals surface area contributed by atoms with Crippen molar-refractivity contribution in [2.24, 2.45) is 0 Å². The van der Waals surface area contributed by atoms with Crippen LogP contribution in [0.5, 0.6) is 0 Å². The van der Waals surface area contributed by atoms with Gasteiger partial charge in [-0.25, -0.2) is 9.59 Å². The molecule has 1 aromatic heterocycles. The number of carbonyl (C=O) groups is 2. The van der Waals surface area contributed by atoms with E-state index in [4.69, 9.17) is 0 Å². The van der Waals surface area contributed by atoms with Gasteiger partial charge < -0.3 is 14.0 Å². The fourth-order valence-corrected chi connectivity index (χ4v) is 2.12. The van der Waals surface area contributed by atoms with Crippen LogP contribution in [0.2, 0.25) is 0 Å². The van der Waals surface area contributed by atoms with Crippen molar-refractivity contribution in [3.8, 4) is 5.69 Å². The maximum atomic E-state index is 12.3. The number of aryl methyl sites for hydroxylation is 2. The summed E-state index contributed by atoms with van der Waals surface area (Å²) in [6.07, 6.45) is 2.70. The molecule has 1 heterocycles. The van der Waals surface area contributed by atoms with Crippen LogP contribution in [0.25, 0.3) is 5.69 Å². The molecule has 0 atom stereocenters. The summed E-state index contributed by atoms with van der Waals surface area (Å²) >= 11 is 0. The number of rotatable bonds is 3. The van der Waals surface area contributed by atoms with E-state index in [9.17, 15) is 14.4 Å². The SMILES string of the molecule is COC(=O)c1cn(-c2ccc(C)c(C)c2)cc(C(=O)OC)c1=O. The van der Waals surface area contributed by atoms with E-state index in [1.165, 1.54) is 31.2 Å². The smallest absolute Gasteiger partial charge is 0.343 e. The predicted molar refractivity (Wildman–Crippen MR) is 84.2 cm³/mol. The second-order valence-electron chi connectivity index (χ2n) is 5.07. The molecule has 0 aliphatic heterocycles. The maximum absolute atomic E-state index is 12.3. The van der Waals surface area contributed by atoms with Crippen LogP contribution in [-0.4, -0.2) is 30.7 Å². The van der Waals surface area contributed by atoms with Crippen molar-refractivity contribution in [3.05, 3.63) is 63.1 Å². The number of ether oxygens (including phenoxy) is 2. The molecule has 0 spiro atoms. The lowest BCUT2D eigenvalue weighted by molar-refractivity contribution is 0.0595. The second kappa shape index (κ2) is 6.48. The highest BCUT2D eigenvalue weighted by atomic mass is 16.5. The van der Waals surface area contributed by atoms with Crippen LogP contribution in [0.3, 0.4) is 0 Å². The quantitative estimate of drug-likeness (QED) is 0.810. The molecular weight excluding hydrogens is 298 g/mol. The summed E-state index contributed by atoms with van der Waals surface area (Å²) in [4.78, 5) is 35.9. The van der Waals surface area contributed by atoms with Gasteiger partial charge in [-0.15, -0.1) is 0 Å². The minimum Gasteiger partial charge on any atom is -0.465 e. The molecule has 2 aromatic rings. The lowest BCUT2D eigenvalue weighted by atomic mass is 10.1. The molecule has 1 aromatic carbocycles. The predicted octanol–water partition coefficient (Wildman–Crippen LogP) is 2.03. The maximum Gasteiger partial charge on any atom is 0.343 e. The molecule has 6 nitrogen and oxygen atoms in total. The lowest BCUT2D eigenvalue weighted by Crippen LogP contribution is -2.25. The molecule has 6 heteroatoms. The van der Waals surface area contributed by atoms with E-state index < -0.39 is 17.4 Å². The first kappa shape index (κ1) is 16.5. The number of nitrogens with zero attached hydrogens (tertiary/aromatic N) is 1. The Morgan fingerprint density at radius 1 is 0.913 bits per heavy atom. The van der Waals surface area contributed by atoms with Gasteiger partial charge in [-0.3, -0.25) is 4.79 Å². The van der Waals surface area contributed by atoms with Gasteiger partial charge in [0.25, 0.3) is 0 Å². The van der Waals surface area contributed by atoms with Crippen LogP contribution in [0.15, 0.2) is 35.4 Å². The van der Waals surface area contributed by atoms with Crippen molar-refractivity contribution >= 4 is 11.9 Å². The molecule has 0 aliphatic rings. The Morgan fingerprint density at radius 2 is 1.43 bits per heavy atom. The van der Waals surface area contributed by atoms with Crippen LogP contribution in [-0.2, 0) is 9.47 Å². The Bertz CT molecular complexity index is 795. The van der Waals surface area contributed by atoms with E-state index >= 15 is 0 Å². The molecule has 23 heavy (non-hydrogen) atoms. The van der Waals surface area contributed by atoms with Gasteiger partial charge in [0.1, 0.15) is 11.1 Å². The summed E-state index contributed by atoms with van der Waals surface area (Å²) in [5, 5.41) is 0. The first-order valence-corrected chi connectivity index (χ1v) is 6.89. The Kier molecular flexibility index (Phi) is 4.64. The van der Waals surface area contributed by atoms with Gasteiger partial charge in [0.05, 0.1) is 14.2 Å². The standard InChI is InChI=1S/C17H17NO5/c1-10-5-6-12(7-11(10)2)18-8-13(16(20)22-3)15(19)14(9-18)17(21)23-4/h5-9H,1-4H3. The van der Waals surface area contributed by atoms with Gasteiger partial charge in [0.2, 0.25) is 5.43 Å². The minimum atomic E-state index is -0.807. The van der Waals surface area contributed by atoms with Crippen molar-refractivity contribution in [2.45, 2.75) is 13.8 Å². The molecular formula is C17H17NO5. The first-order valence-electron chi connectivity index (χ1n) is 6.89. The largest absolute Gasteiger partial charge is 0.465 e. The summed E-state index contributed by atoms with van der Waals surface area (Å²) in [7, 11) is 2.35. The van der Waals surface area contributed by atoms with E-state index in [1.54, 1.807) is 0 Å². The number of benzene rings is 1. The fourth-order valence-electron chi connectivity index (χ4n) is 2.12. The van der Waals surface area contributed by atoms with Gasteiger partial charge in [0.15, 0.2) is 0 Å². The first-order chi connectivity index (χ1) is 10.9. The monoisotopic (exact) mass is 315 g/mol. The second-order valence-corrected chi connectivity index (χ2v) is 5.07.